The van der Waals surface area contributed by atoms with Gasteiger partial charge in [0.1, 0.15) is 5.75 Å². The second-order valence-electron chi connectivity index (χ2n) is 4.30. The van der Waals surface area contributed by atoms with Crippen LogP contribution in [0, 0.1) is 5.92 Å². The van der Waals surface area contributed by atoms with Gasteiger partial charge in [0.15, 0.2) is 0 Å². The lowest BCUT2D eigenvalue weighted by atomic mass is 10.0. The number of phenolic OH excluding ortho intramolecular Hbond substituents is 1. The zero-order valence-electron chi connectivity index (χ0n) is 8.98. The molecule has 0 aromatic heterocycles. The summed E-state index contributed by atoms with van der Waals surface area (Å²) in [5.74, 6) is 1.05. The molecule has 3 N–H and O–H groups in total. The van der Waals surface area contributed by atoms with Crippen LogP contribution in [0.3, 0.4) is 0 Å². The summed E-state index contributed by atoms with van der Waals surface area (Å²) in [6, 6.07) is 5.33. The van der Waals surface area contributed by atoms with Gasteiger partial charge in [-0.05, 0) is 48.9 Å². The lowest BCUT2D eigenvalue weighted by molar-refractivity contribution is 0.474. The first-order valence-electron chi connectivity index (χ1n) is 5.43. The Balaban J connectivity index is 2.27. The van der Waals surface area contributed by atoms with Crippen molar-refractivity contribution in [2.75, 3.05) is 0 Å². The van der Waals surface area contributed by atoms with Crippen molar-refractivity contribution < 1.29 is 5.11 Å². The van der Waals surface area contributed by atoms with Crippen molar-refractivity contribution in [1.82, 2.24) is 0 Å². The van der Waals surface area contributed by atoms with E-state index < -0.39 is 0 Å². The summed E-state index contributed by atoms with van der Waals surface area (Å²) >= 11 is 0. The Morgan fingerprint density at radius 3 is 2.80 bits per heavy atom. The quantitative estimate of drug-likeness (QED) is 0.793. The third kappa shape index (κ3) is 2.60. The van der Waals surface area contributed by atoms with Crippen LogP contribution in [0.4, 0.5) is 0 Å². The Bertz CT molecular complexity index is 378. The van der Waals surface area contributed by atoms with E-state index in [-0.39, 0.29) is 11.8 Å². The number of hydrogen-bond donors (Lipinski definition) is 2. The summed E-state index contributed by atoms with van der Waals surface area (Å²) in [5.41, 5.74) is 7.99. The van der Waals surface area contributed by atoms with Crippen LogP contribution in [0.25, 0.3) is 6.08 Å². The van der Waals surface area contributed by atoms with Gasteiger partial charge in [0.25, 0.3) is 0 Å². The lowest BCUT2D eigenvalue weighted by Gasteiger charge is -2.10. The summed E-state index contributed by atoms with van der Waals surface area (Å²) in [5, 5.41) is 9.40. The monoisotopic (exact) mass is 203 g/mol. The third-order valence-corrected chi connectivity index (χ3v) is 2.73. The number of allylic oxidation sites excluding steroid dienone is 1. The predicted molar refractivity (Wildman–Crippen MR) is 62.5 cm³/mol. The number of aromatic hydroxyl groups is 1. The molecule has 80 valence electrons. The minimum absolute atomic E-state index is 0.0454. The molecule has 1 saturated carbocycles. The highest BCUT2D eigenvalue weighted by molar-refractivity contribution is 5.56. The first kappa shape index (κ1) is 10.2. The van der Waals surface area contributed by atoms with E-state index in [1.807, 2.05) is 13.0 Å². The van der Waals surface area contributed by atoms with Crippen molar-refractivity contribution in [3.8, 4) is 5.75 Å². The first-order chi connectivity index (χ1) is 7.16. The average molecular weight is 203 g/mol. The molecule has 0 aliphatic heterocycles. The van der Waals surface area contributed by atoms with Crippen molar-refractivity contribution in [2.24, 2.45) is 11.7 Å². The number of nitrogens with two attached hydrogens (primary N) is 1. The fourth-order valence-electron chi connectivity index (χ4n) is 1.64. The van der Waals surface area contributed by atoms with E-state index in [1.165, 1.54) is 12.8 Å². The molecule has 0 spiro atoms. The molecule has 15 heavy (non-hydrogen) atoms. The Morgan fingerprint density at radius 2 is 2.20 bits per heavy atom. The predicted octanol–water partition coefficient (Wildman–Crippen LogP) is 2.84. The van der Waals surface area contributed by atoms with E-state index in [0.29, 0.717) is 0 Å². The zero-order chi connectivity index (χ0) is 10.8. The van der Waals surface area contributed by atoms with Crippen LogP contribution < -0.4 is 5.73 Å². The van der Waals surface area contributed by atoms with E-state index in [1.54, 1.807) is 12.1 Å². The minimum atomic E-state index is -0.0454. The average Bonchev–Trinajstić information content (AvgIpc) is 2.99. The van der Waals surface area contributed by atoms with Gasteiger partial charge in [0, 0.05) is 6.04 Å². The second kappa shape index (κ2) is 4.07. The molecule has 0 heterocycles. The van der Waals surface area contributed by atoms with Crippen LogP contribution in [0.5, 0.6) is 5.75 Å². The van der Waals surface area contributed by atoms with Gasteiger partial charge < -0.3 is 10.8 Å². The number of hydrogen-bond acceptors (Lipinski definition) is 2. The van der Waals surface area contributed by atoms with Gasteiger partial charge in [-0.1, -0.05) is 18.2 Å². The molecule has 0 bridgehead atoms. The minimum Gasteiger partial charge on any atom is -0.508 e. The molecule has 2 rings (SSSR count). The highest BCUT2D eigenvalue weighted by Crippen LogP contribution is 2.32. The van der Waals surface area contributed by atoms with Crippen molar-refractivity contribution in [3.63, 3.8) is 0 Å². The Hall–Kier alpha value is -1.28. The first-order valence-corrected chi connectivity index (χ1v) is 5.43. The van der Waals surface area contributed by atoms with Gasteiger partial charge in [-0.3, -0.25) is 0 Å². The molecule has 1 aromatic carbocycles. The number of phenols is 1. The van der Waals surface area contributed by atoms with Crippen molar-refractivity contribution in [2.45, 2.75) is 25.8 Å². The van der Waals surface area contributed by atoms with Gasteiger partial charge in [0.2, 0.25) is 0 Å². The largest absolute Gasteiger partial charge is 0.508 e. The van der Waals surface area contributed by atoms with E-state index in [2.05, 4.69) is 12.2 Å². The van der Waals surface area contributed by atoms with Crippen LogP contribution >= 0.6 is 0 Å². The van der Waals surface area contributed by atoms with Crippen LogP contribution in [0.15, 0.2) is 24.3 Å². The topological polar surface area (TPSA) is 46.2 Å². The third-order valence-electron chi connectivity index (χ3n) is 2.73. The van der Waals surface area contributed by atoms with Crippen LogP contribution in [-0.2, 0) is 0 Å². The Labute approximate surface area is 90.4 Å². The maximum atomic E-state index is 9.40. The molecule has 1 atom stereocenters. The van der Waals surface area contributed by atoms with Crippen molar-refractivity contribution in [1.29, 1.82) is 0 Å². The fourth-order valence-corrected chi connectivity index (χ4v) is 1.64. The molecule has 0 amide bonds. The van der Waals surface area contributed by atoms with E-state index in [9.17, 15) is 5.11 Å². The Kier molecular flexibility index (Phi) is 2.78. The maximum absolute atomic E-state index is 9.40. The summed E-state index contributed by atoms with van der Waals surface area (Å²) in [4.78, 5) is 0. The summed E-state index contributed by atoms with van der Waals surface area (Å²) in [6.45, 7) is 1.93. The normalized spacial score (nSPS) is 18.3. The SMILES string of the molecule is C[C@H](N)c1cc(O)ccc1/C=C/C1CC1. The number of benzene rings is 1. The van der Waals surface area contributed by atoms with Crippen LogP contribution in [-0.4, -0.2) is 5.11 Å². The molecule has 1 aromatic rings. The smallest absolute Gasteiger partial charge is 0.115 e. The Morgan fingerprint density at radius 1 is 1.47 bits per heavy atom. The highest BCUT2D eigenvalue weighted by Gasteiger charge is 2.17. The highest BCUT2D eigenvalue weighted by atomic mass is 16.3. The fraction of sp³-hybridized carbons (Fsp3) is 0.385. The van der Waals surface area contributed by atoms with Gasteiger partial charge in [0.05, 0.1) is 0 Å². The van der Waals surface area contributed by atoms with Crippen LogP contribution in [0.1, 0.15) is 36.9 Å². The van der Waals surface area contributed by atoms with Crippen molar-refractivity contribution >= 4 is 6.08 Å². The molecule has 0 radical (unpaired) electrons. The molecular formula is C13H17NO. The van der Waals surface area contributed by atoms with E-state index in [4.69, 9.17) is 5.73 Å². The second-order valence-corrected chi connectivity index (χ2v) is 4.30. The molecular weight excluding hydrogens is 186 g/mol. The van der Waals surface area contributed by atoms with Gasteiger partial charge in [-0.25, -0.2) is 0 Å². The maximum Gasteiger partial charge on any atom is 0.115 e. The number of rotatable bonds is 3. The zero-order valence-corrected chi connectivity index (χ0v) is 8.98. The van der Waals surface area contributed by atoms with E-state index >= 15 is 0 Å². The molecule has 2 nitrogen and oxygen atoms in total. The van der Waals surface area contributed by atoms with E-state index in [0.717, 1.165) is 17.0 Å². The van der Waals surface area contributed by atoms with Crippen molar-refractivity contribution in [3.05, 3.63) is 35.4 Å². The van der Waals surface area contributed by atoms with Gasteiger partial charge in [-0.2, -0.15) is 0 Å². The van der Waals surface area contributed by atoms with Crippen LogP contribution in [0.2, 0.25) is 0 Å². The molecule has 1 aliphatic carbocycles. The summed E-state index contributed by atoms with van der Waals surface area (Å²) in [6.07, 6.45) is 6.97. The standard InChI is InChI=1S/C13H17NO/c1-9(14)13-8-12(15)7-6-11(13)5-4-10-2-3-10/h4-10,15H,2-3,14H2,1H3/b5-4+/t9-/m0/s1. The lowest BCUT2D eigenvalue weighted by Crippen LogP contribution is -2.06. The molecule has 1 fully saturated rings. The molecule has 0 unspecified atom stereocenters. The summed E-state index contributed by atoms with van der Waals surface area (Å²) in [7, 11) is 0. The molecule has 2 heteroatoms. The molecule has 1 aliphatic rings. The summed E-state index contributed by atoms with van der Waals surface area (Å²) < 4.78 is 0. The van der Waals surface area contributed by atoms with Gasteiger partial charge >= 0.3 is 0 Å². The molecule has 0 saturated heterocycles. The van der Waals surface area contributed by atoms with Gasteiger partial charge in [-0.15, -0.1) is 0 Å².